The zero-order chi connectivity index (χ0) is 15.1. The summed E-state index contributed by atoms with van der Waals surface area (Å²) in [7, 11) is 2.14. The van der Waals surface area contributed by atoms with Crippen LogP contribution in [0.1, 0.15) is 22.6 Å². The minimum absolute atomic E-state index is 0.353. The summed E-state index contributed by atoms with van der Waals surface area (Å²) in [6.07, 6.45) is 0. The molecule has 1 atom stereocenters. The van der Waals surface area contributed by atoms with Gasteiger partial charge >= 0.3 is 0 Å². The Bertz CT molecular complexity index is 840. The van der Waals surface area contributed by atoms with Gasteiger partial charge in [0, 0.05) is 19.0 Å². The molecule has 3 aromatic rings. The Labute approximate surface area is 130 Å². The van der Waals surface area contributed by atoms with Crippen LogP contribution in [0.15, 0.2) is 60.7 Å². The van der Waals surface area contributed by atoms with Crippen LogP contribution in [0.3, 0.4) is 0 Å². The number of hydrogen-bond donors (Lipinski definition) is 1. The van der Waals surface area contributed by atoms with Crippen molar-refractivity contribution in [2.24, 2.45) is 0 Å². The van der Waals surface area contributed by atoms with Gasteiger partial charge in [-0.3, -0.25) is 0 Å². The highest BCUT2D eigenvalue weighted by Gasteiger charge is 2.25. The van der Waals surface area contributed by atoms with Gasteiger partial charge in [-0.1, -0.05) is 48.5 Å². The summed E-state index contributed by atoms with van der Waals surface area (Å²) in [5.74, 6) is 0.713. The number of hydrogen-bond acceptors (Lipinski definition) is 2. The molecule has 1 N–H and O–H groups in total. The Morgan fingerprint density at radius 3 is 2.64 bits per heavy atom. The van der Waals surface area contributed by atoms with Crippen LogP contribution in [-0.4, -0.2) is 23.6 Å². The number of aromatic hydroxyl groups is 1. The molecule has 4 rings (SSSR count). The molecule has 1 aliphatic heterocycles. The maximum absolute atomic E-state index is 9.75. The van der Waals surface area contributed by atoms with E-state index in [0.29, 0.717) is 11.7 Å². The molecule has 0 amide bonds. The first-order chi connectivity index (χ1) is 10.7. The number of likely N-dealkylation sites (N-methyl/N-ethyl adjacent to an activating group) is 1. The normalized spacial score (nSPS) is 18.3. The number of fused-ring (bicyclic) bond motifs is 2. The maximum atomic E-state index is 9.75. The van der Waals surface area contributed by atoms with E-state index in [9.17, 15) is 5.11 Å². The Hall–Kier alpha value is -2.32. The van der Waals surface area contributed by atoms with Crippen LogP contribution in [0.4, 0.5) is 0 Å². The van der Waals surface area contributed by atoms with E-state index in [2.05, 4.69) is 60.5 Å². The average molecular weight is 289 g/mol. The Morgan fingerprint density at radius 2 is 1.77 bits per heavy atom. The molecule has 2 nitrogen and oxygen atoms in total. The van der Waals surface area contributed by atoms with E-state index in [1.54, 1.807) is 6.07 Å². The zero-order valence-corrected chi connectivity index (χ0v) is 12.7. The van der Waals surface area contributed by atoms with Gasteiger partial charge in [0.25, 0.3) is 0 Å². The molecule has 110 valence electrons. The Kier molecular flexibility index (Phi) is 3.12. The number of phenols is 1. The van der Waals surface area contributed by atoms with Crippen LogP contribution in [0.25, 0.3) is 10.8 Å². The highest BCUT2D eigenvalue weighted by Crippen LogP contribution is 2.35. The minimum atomic E-state index is 0.353. The molecule has 0 aliphatic carbocycles. The average Bonchev–Trinajstić information content (AvgIpc) is 2.53. The Balaban J connectivity index is 1.84. The molecule has 2 heteroatoms. The summed E-state index contributed by atoms with van der Waals surface area (Å²) in [4.78, 5) is 2.32. The highest BCUT2D eigenvalue weighted by molar-refractivity contribution is 5.83. The van der Waals surface area contributed by atoms with E-state index in [4.69, 9.17) is 0 Å². The molecule has 3 aromatic carbocycles. The van der Waals surface area contributed by atoms with Gasteiger partial charge in [-0.05, 0) is 46.6 Å². The van der Waals surface area contributed by atoms with Crippen molar-refractivity contribution in [1.29, 1.82) is 0 Å². The van der Waals surface area contributed by atoms with Crippen molar-refractivity contribution in [2.75, 3.05) is 13.6 Å². The molecule has 0 radical (unpaired) electrons. The summed E-state index contributed by atoms with van der Waals surface area (Å²) in [6.45, 7) is 1.91. The quantitative estimate of drug-likeness (QED) is 0.728. The molecule has 22 heavy (non-hydrogen) atoms. The third kappa shape index (κ3) is 2.26. The zero-order valence-electron chi connectivity index (χ0n) is 12.7. The number of nitrogens with zero attached hydrogens (tertiary/aromatic N) is 1. The van der Waals surface area contributed by atoms with E-state index in [1.165, 1.54) is 27.5 Å². The first-order valence-corrected chi connectivity index (χ1v) is 7.70. The fourth-order valence-electron chi connectivity index (χ4n) is 3.54. The van der Waals surface area contributed by atoms with E-state index < -0.39 is 0 Å². The second-order valence-corrected chi connectivity index (χ2v) is 6.24. The SMILES string of the molecule is CN1Cc2cc(O)ccc2[C@@H](c2ccc3ccccc3c2)C1. The standard InChI is InChI=1S/C20H19NO/c1-21-12-17-11-18(22)8-9-19(17)20(13-21)16-7-6-14-4-2-3-5-15(14)10-16/h2-11,20,22H,12-13H2,1H3/t20-/m1/s1. The monoisotopic (exact) mass is 289 g/mol. The van der Waals surface area contributed by atoms with Crippen molar-refractivity contribution < 1.29 is 5.11 Å². The van der Waals surface area contributed by atoms with Crippen molar-refractivity contribution >= 4 is 10.8 Å². The molecule has 0 saturated carbocycles. The van der Waals surface area contributed by atoms with Crippen molar-refractivity contribution in [2.45, 2.75) is 12.5 Å². The predicted molar refractivity (Wildman–Crippen MR) is 90.2 cm³/mol. The van der Waals surface area contributed by atoms with E-state index in [-0.39, 0.29) is 0 Å². The second-order valence-electron chi connectivity index (χ2n) is 6.24. The maximum Gasteiger partial charge on any atom is 0.115 e. The summed E-state index contributed by atoms with van der Waals surface area (Å²) < 4.78 is 0. The lowest BCUT2D eigenvalue weighted by Crippen LogP contribution is -2.30. The van der Waals surface area contributed by atoms with Crippen molar-refractivity contribution in [3.63, 3.8) is 0 Å². The van der Waals surface area contributed by atoms with Gasteiger partial charge < -0.3 is 10.0 Å². The van der Waals surface area contributed by atoms with E-state index in [0.717, 1.165) is 13.1 Å². The summed E-state index contributed by atoms with van der Waals surface area (Å²) in [5.41, 5.74) is 3.91. The van der Waals surface area contributed by atoms with Crippen LogP contribution in [0.5, 0.6) is 5.75 Å². The van der Waals surface area contributed by atoms with Crippen LogP contribution in [-0.2, 0) is 6.54 Å². The van der Waals surface area contributed by atoms with Crippen molar-refractivity contribution in [3.05, 3.63) is 77.4 Å². The molecule has 0 aromatic heterocycles. The summed E-state index contributed by atoms with van der Waals surface area (Å²) in [5, 5.41) is 12.3. The van der Waals surface area contributed by atoms with Crippen LogP contribution >= 0.6 is 0 Å². The van der Waals surface area contributed by atoms with Gasteiger partial charge in [-0.15, -0.1) is 0 Å². The third-order valence-electron chi connectivity index (χ3n) is 4.61. The first kappa shape index (κ1) is 13.4. The van der Waals surface area contributed by atoms with Crippen LogP contribution in [0.2, 0.25) is 0 Å². The molecule has 0 spiro atoms. The smallest absolute Gasteiger partial charge is 0.115 e. The second kappa shape index (κ2) is 5.15. The summed E-state index contributed by atoms with van der Waals surface area (Å²) >= 11 is 0. The molecule has 0 unspecified atom stereocenters. The van der Waals surface area contributed by atoms with Gasteiger partial charge in [0.05, 0.1) is 0 Å². The molecule has 0 bridgehead atoms. The molecular formula is C20H19NO. The molecule has 0 fully saturated rings. The molecule has 1 aliphatic rings. The fraction of sp³-hybridized carbons (Fsp3) is 0.200. The van der Waals surface area contributed by atoms with E-state index in [1.807, 2.05) is 6.07 Å². The lowest BCUT2D eigenvalue weighted by molar-refractivity contribution is 0.294. The lowest BCUT2D eigenvalue weighted by Gasteiger charge is -2.32. The fourth-order valence-corrected chi connectivity index (χ4v) is 3.54. The van der Waals surface area contributed by atoms with Gasteiger partial charge in [0.2, 0.25) is 0 Å². The largest absolute Gasteiger partial charge is 0.508 e. The van der Waals surface area contributed by atoms with Gasteiger partial charge in [-0.2, -0.15) is 0 Å². The highest BCUT2D eigenvalue weighted by atomic mass is 16.3. The van der Waals surface area contributed by atoms with Gasteiger partial charge in [0.1, 0.15) is 5.75 Å². The van der Waals surface area contributed by atoms with Crippen molar-refractivity contribution in [1.82, 2.24) is 4.90 Å². The first-order valence-electron chi connectivity index (χ1n) is 7.70. The molecule has 1 heterocycles. The van der Waals surface area contributed by atoms with Crippen molar-refractivity contribution in [3.8, 4) is 5.75 Å². The van der Waals surface area contributed by atoms with E-state index >= 15 is 0 Å². The number of rotatable bonds is 1. The van der Waals surface area contributed by atoms with Gasteiger partial charge in [-0.25, -0.2) is 0 Å². The summed E-state index contributed by atoms with van der Waals surface area (Å²) in [6, 6.07) is 21.0. The number of benzene rings is 3. The third-order valence-corrected chi connectivity index (χ3v) is 4.61. The number of phenolic OH excluding ortho intramolecular Hbond substituents is 1. The minimum Gasteiger partial charge on any atom is -0.508 e. The predicted octanol–water partition coefficient (Wildman–Crippen LogP) is 4.12. The molecular weight excluding hydrogens is 270 g/mol. The van der Waals surface area contributed by atoms with Crippen LogP contribution < -0.4 is 0 Å². The van der Waals surface area contributed by atoms with Gasteiger partial charge in [0.15, 0.2) is 0 Å². The Morgan fingerprint density at radius 1 is 0.955 bits per heavy atom. The van der Waals surface area contributed by atoms with Crippen LogP contribution in [0, 0.1) is 0 Å². The molecule has 0 saturated heterocycles. The lowest BCUT2D eigenvalue weighted by atomic mass is 9.84. The topological polar surface area (TPSA) is 23.5 Å².